The number of carbonyl (C=O) groups is 2. The van der Waals surface area contributed by atoms with E-state index in [-0.39, 0.29) is 11.8 Å². The second kappa shape index (κ2) is 7.95. The van der Waals surface area contributed by atoms with Crippen molar-refractivity contribution < 1.29 is 14.3 Å². The molecule has 8 nitrogen and oxygen atoms in total. The minimum atomic E-state index is -0.615. The van der Waals surface area contributed by atoms with Gasteiger partial charge in [0.25, 0.3) is 0 Å². The van der Waals surface area contributed by atoms with Crippen molar-refractivity contribution in [1.82, 2.24) is 24.6 Å². The summed E-state index contributed by atoms with van der Waals surface area (Å²) in [4.78, 5) is 33.5. The van der Waals surface area contributed by atoms with Gasteiger partial charge < -0.3 is 14.5 Å². The summed E-state index contributed by atoms with van der Waals surface area (Å²) in [5.74, 6) is 0.192. The lowest BCUT2D eigenvalue weighted by Crippen LogP contribution is -2.61. The molecule has 1 atom stereocenters. The Balaban J connectivity index is 1.61. The summed E-state index contributed by atoms with van der Waals surface area (Å²) in [5, 5.41) is 4.05. The lowest BCUT2D eigenvalue weighted by atomic mass is 9.85. The molecule has 2 amide bonds. The summed E-state index contributed by atoms with van der Waals surface area (Å²) in [6.07, 6.45) is 7.70. The van der Waals surface area contributed by atoms with Crippen molar-refractivity contribution in [3.63, 3.8) is 0 Å². The molecule has 0 aromatic carbocycles. The standard InChI is InChI=1S/C17H27N5O3/c1-25-12-11-20-8-3-6-17(16(20)24)7-4-10-22(17)15(23)5-2-9-21-14-18-13-19-21/h13-14H,2-12H2,1H3. The second-order valence-corrected chi connectivity index (χ2v) is 6.83. The van der Waals surface area contributed by atoms with Crippen LogP contribution < -0.4 is 0 Å². The number of methoxy groups -OCH3 is 1. The topological polar surface area (TPSA) is 80.6 Å². The normalized spacial score (nSPS) is 23.6. The highest BCUT2D eigenvalue weighted by Gasteiger charge is 2.52. The average molecular weight is 349 g/mol. The van der Waals surface area contributed by atoms with Gasteiger partial charge in [0.05, 0.1) is 6.61 Å². The number of piperidine rings is 1. The van der Waals surface area contributed by atoms with E-state index in [0.29, 0.717) is 39.1 Å². The predicted octanol–water partition coefficient (Wildman–Crippen LogP) is 0.688. The molecule has 3 heterocycles. The van der Waals surface area contributed by atoms with Crippen molar-refractivity contribution in [3.8, 4) is 0 Å². The predicted molar refractivity (Wildman–Crippen MR) is 90.6 cm³/mol. The largest absolute Gasteiger partial charge is 0.383 e. The molecule has 0 N–H and O–H groups in total. The Morgan fingerprint density at radius 2 is 2.08 bits per heavy atom. The molecule has 0 bridgehead atoms. The molecule has 1 aromatic rings. The van der Waals surface area contributed by atoms with Crippen molar-refractivity contribution in [1.29, 1.82) is 0 Å². The molecule has 0 aliphatic carbocycles. The van der Waals surface area contributed by atoms with Crippen LogP contribution in [-0.2, 0) is 20.9 Å². The number of hydrogen-bond acceptors (Lipinski definition) is 5. The van der Waals surface area contributed by atoms with Crippen LogP contribution in [0.25, 0.3) is 0 Å². The van der Waals surface area contributed by atoms with Crippen LogP contribution in [0.4, 0.5) is 0 Å². The molecular weight excluding hydrogens is 322 g/mol. The Labute approximate surface area is 148 Å². The maximum Gasteiger partial charge on any atom is 0.248 e. The summed E-state index contributed by atoms with van der Waals surface area (Å²) in [5.41, 5.74) is -0.615. The maximum absolute atomic E-state index is 13.1. The fourth-order valence-corrected chi connectivity index (χ4v) is 4.08. The molecule has 25 heavy (non-hydrogen) atoms. The molecule has 2 aliphatic heterocycles. The van der Waals surface area contributed by atoms with Gasteiger partial charge in [-0.3, -0.25) is 14.3 Å². The highest BCUT2D eigenvalue weighted by Crippen LogP contribution is 2.38. The molecular formula is C17H27N5O3. The third-order valence-corrected chi connectivity index (χ3v) is 5.30. The molecule has 1 unspecified atom stereocenters. The highest BCUT2D eigenvalue weighted by atomic mass is 16.5. The molecule has 0 saturated carbocycles. The van der Waals surface area contributed by atoms with Gasteiger partial charge in [-0.15, -0.1) is 0 Å². The van der Waals surface area contributed by atoms with Crippen LogP contribution in [-0.4, -0.2) is 75.3 Å². The fraction of sp³-hybridized carbons (Fsp3) is 0.765. The zero-order chi connectivity index (χ0) is 17.7. The SMILES string of the molecule is COCCN1CCCC2(CCCN2C(=O)CCCn2cncn2)C1=O. The van der Waals surface area contributed by atoms with Crippen molar-refractivity contribution in [2.45, 2.75) is 50.6 Å². The number of carbonyl (C=O) groups excluding carboxylic acids is 2. The molecule has 2 fully saturated rings. The summed E-state index contributed by atoms with van der Waals surface area (Å²) in [6.45, 7) is 3.25. The first-order chi connectivity index (χ1) is 12.2. The lowest BCUT2D eigenvalue weighted by molar-refractivity contribution is -0.155. The number of ether oxygens (including phenoxy) is 1. The number of rotatable bonds is 7. The maximum atomic E-state index is 13.1. The van der Waals surface area contributed by atoms with Crippen molar-refractivity contribution in [2.75, 3.05) is 33.4 Å². The lowest BCUT2D eigenvalue weighted by Gasteiger charge is -2.44. The first-order valence-corrected chi connectivity index (χ1v) is 9.08. The van der Waals surface area contributed by atoms with Crippen LogP contribution >= 0.6 is 0 Å². The third kappa shape index (κ3) is 3.68. The van der Waals surface area contributed by atoms with Crippen LogP contribution in [0.5, 0.6) is 0 Å². The summed E-state index contributed by atoms with van der Waals surface area (Å²) in [7, 11) is 1.64. The van der Waals surface area contributed by atoms with E-state index in [1.165, 1.54) is 6.33 Å². The van der Waals surface area contributed by atoms with E-state index in [9.17, 15) is 9.59 Å². The summed E-state index contributed by atoms with van der Waals surface area (Å²) < 4.78 is 6.85. The van der Waals surface area contributed by atoms with E-state index >= 15 is 0 Å². The molecule has 8 heteroatoms. The Morgan fingerprint density at radius 3 is 2.80 bits per heavy atom. The number of amides is 2. The molecule has 0 radical (unpaired) electrons. The fourth-order valence-electron chi connectivity index (χ4n) is 4.08. The summed E-state index contributed by atoms with van der Waals surface area (Å²) >= 11 is 0. The van der Waals surface area contributed by atoms with Crippen LogP contribution in [0.1, 0.15) is 38.5 Å². The molecule has 1 aromatic heterocycles. The van der Waals surface area contributed by atoms with Crippen LogP contribution in [0.15, 0.2) is 12.7 Å². The van der Waals surface area contributed by atoms with Crippen molar-refractivity contribution >= 4 is 11.8 Å². The second-order valence-electron chi connectivity index (χ2n) is 6.83. The molecule has 2 saturated heterocycles. The first kappa shape index (κ1) is 17.8. The van der Waals surface area contributed by atoms with E-state index in [1.54, 1.807) is 18.1 Å². The highest BCUT2D eigenvalue weighted by molar-refractivity contribution is 5.92. The van der Waals surface area contributed by atoms with E-state index in [0.717, 1.165) is 32.2 Å². The van der Waals surface area contributed by atoms with E-state index in [1.807, 2.05) is 9.80 Å². The van der Waals surface area contributed by atoms with Crippen LogP contribution in [0.3, 0.4) is 0 Å². The van der Waals surface area contributed by atoms with E-state index < -0.39 is 5.54 Å². The average Bonchev–Trinajstić information content (AvgIpc) is 3.27. The first-order valence-electron chi connectivity index (χ1n) is 9.08. The zero-order valence-electron chi connectivity index (χ0n) is 14.9. The number of nitrogens with zero attached hydrogens (tertiary/aromatic N) is 5. The number of hydrogen-bond donors (Lipinski definition) is 0. The Morgan fingerprint density at radius 1 is 1.28 bits per heavy atom. The minimum absolute atomic E-state index is 0.0829. The number of aromatic nitrogens is 3. The molecule has 1 spiro atoms. The van der Waals surface area contributed by atoms with Gasteiger partial charge in [0, 0.05) is 39.7 Å². The van der Waals surface area contributed by atoms with Gasteiger partial charge in [-0.1, -0.05) is 0 Å². The van der Waals surface area contributed by atoms with Crippen molar-refractivity contribution in [2.24, 2.45) is 0 Å². The Bertz CT molecular complexity index is 591. The van der Waals surface area contributed by atoms with Gasteiger partial charge in [0.2, 0.25) is 11.8 Å². The van der Waals surface area contributed by atoms with E-state index in [4.69, 9.17) is 4.74 Å². The molecule has 138 valence electrons. The zero-order valence-corrected chi connectivity index (χ0v) is 14.9. The minimum Gasteiger partial charge on any atom is -0.383 e. The van der Waals surface area contributed by atoms with Gasteiger partial charge in [0.15, 0.2) is 0 Å². The van der Waals surface area contributed by atoms with Crippen LogP contribution in [0.2, 0.25) is 0 Å². The van der Waals surface area contributed by atoms with Crippen molar-refractivity contribution in [3.05, 3.63) is 12.7 Å². The Hall–Kier alpha value is -1.96. The van der Waals surface area contributed by atoms with Gasteiger partial charge in [-0.25, -0.2) is 4.98 Å². The van der Waals surface area contributed by atoms with Gasteiger partial charge in [0.1, 0.15) is 18.2 Å². The van der Waals surface area contributed by atoms with Gasteiger partial charge in [-0.05, 0) is 32.1 Å². The number of likely N-dealkylation sites (tertiary alicyclic amines) is 2. The van der Waals surface area contributed by atoms with E-state index in [2.05, 4.69) is 10.1 Å². The third-order valence-electron chi connectivity index (χ3n) is 5.30. The quantitative estimate of drug-likeness (QED) is 0.723. The smallest absolute Gasteiger partial charge is 0.248 e. The summed E-state index contributed by atoms with van der Waals surface area (Å²) in [6, 6.07) is 0. The molecule has 2 aliphatic rings. The molecule has 3 rings (SSSR count). The number of aryl methyl sites for hydroxylation is 1. The Kier molecular flexibility index (Phi) is 5.67. The van der Waals surface area contributed by atoms with Gasteiger partial charge >= 0.3 is 0 Å². The van der Waals surface area contributed by atoms with Crippen LogP contribution in [0, 0.1) is 0 Å². The van der Waals surface area contributed by atoms with Gasteiger partial charge in [-0.2, -0.15) is 5.10 Å². The monoisotopic (exact) mass is 349 g/mol.